The summed E-state index contributed by atoms with van der Waals surface area (Å²) in [5, 5.41) is 9.34. The molecule has 0 saturated carbocycles. The number of rotatable bonds is 4. The van der Waals surface area contributed by atoms with Crippen molar-refractivity contribution in [2.45, 2.75) is 51.6 Å². The van der Waals surface area contributed by atoms with Crippen LogP contribution in [-0.4, -0.2) is 17.0 Å². The lowest BCUT2D eigenvalue weighted by Crippen LogP contribution is -2.18. The molecule has 2 heteroatoms. The van der Waals surface area contributed by atoms with Crippen LogP contribution in [0.3, 0.4) is 0 Å². The number of carbonyl (C=O) groups is 1. The Kier molecular flexibility index (Phi) is 4.16. The summed E-state index contributed by atoms with van der Waals surface area (Å²) in [6.07, 6.45) is 6.86. The Morgan fingerprint density at radius 2 is 2.23 bits per heavy atom. The molecule has 1 rings (SSSR count). The minimum absolute atomic E-state index is 0.0882. The van der Waals surface area contributed by atoms with Crippen molar-refractivity contribution >= 4 is 5.78 Å². The van der Waals surface area contributed by atoms with Crippen LogP contribution in [0.25, 0.3) is 0 Å². The average Bonchev–Trinajstić information content (AvgIpc) is 2.03. The maximum Gasteiger partial charge on any atom is 0.158 e. The summed E-state index contributed by atoms with van der Waals surface area (Å²) in [6.45, 7) is 2.16. The molecule has 0 amide bonds. The standard InChI is InChI=1S/C11H18O2/c1-2-3-4-5-9-6-10(12)8-11(13)7-9/h6,11,13H,2-5,7-8H2,1H3. The first-order valence-electron chi connectivity index (χ1n) is 5.12. The lowest BCUT2D eigenvalue weighted by atomic mass is 9.92. The Labute approximate surface area is 79.6 Å². The van der Waals surface area contributed by atoms with E-state index in [1.54, 1.807) is 6.08 Å². The van der Waals surface area contributed by atoms with Gasteiger partial charge >= 0.3 is 0 Å². The number of ketones is 1. The molecule has 0 aromatic heterocycles. The lowest BCUT2D eigenvalue weighted by Gasteiger charge is -2.16. The number of hydrogen-bond acceptors (Lipinski definition) is 2. The maximum absolute atomic E-state index is 11.1. The number of unbranched alkanes of at least 4 members (excludes halogenated alkanes) is 2. The summed E-state index contributed by atoms with van der Waals surface area (Å²) in [4.78, 5) is 11.1. The summed E-state index contributed by atoms with van der Waals surface area (Å²) in [5.74, 6) is 0.0882. The molecular formula is C11H18O2. The van der Waals surface area contributed by atoms with Crippen molar-refractivity contribution in [3.8, 4) is 0 Å². The number of aliphatic hydroxyl groups is 1. The second-order valence-electron chi connectivity index (χ2n) is 3.79. The van der Waals surface area contributed by atoms with E-state index in [0.29, 0.717) is 12.8 Å². The van der Waals surface area contributed by atoms with E-state index < -0.39 is 6.10 Å². The van der Waals surface area contributed by atoms with Crippen LogP contribution in [0.2, 0.25) is 0 Å². The van der Waals surface area contributed by atoms with Crippen molar-refractivity contribution in [1.82, 2.24) is 0 Å². The molecule has 0 fully saturated rings. The Hall–Kier alpha value is -0.630. The number of allylic oxidation sites excluding steroid dienone is 1. The fraction of sp³-hybridized carbons (Fsp3) is 0.727. The number of carbonyl (C=O) groups excluding carboxylic acids is 1. The van der Waals surface area contributed by atoms with Gasteiger partial charge in [0, 0.05) is 6.42 Å². The van der Waals surface area contributed by atoms with E-state index in [1.165, 1.54) is 12.8 Å². The van der Waals surface area contributed by atoms with Gasteiger partial charge in [-0.2, -0.15) is 0 Å². The summed E-state index contributed by atoms with van der Waals surface area (Å²) in [7, 11) is 0. The van der Waals surface area contributed by atoms with Crippen LogP contribution in [0.4, 0.5) is 0 Å². The fourth-order valence-electron chi connectivity index (χ4n) is 1.73. The molecular weight excluding hydrogens is 164 g/mol. The Balaban J connectivity index is 2.35. The number of aliphatic hydroxyl groups excluding tert-OH is 1. The van der Waals surface area contributed by atoms with E-state index >= 15 is 0 Å². The van der Waals surface area contributed by atoms with Gasteiger partial charge in [-0.1, -0.05) is 25.3 Å². The maximum atomic E-state index is 11.1. The SMILES string of the molecule is CCCCCC1=CC(=O)CC(O)C1. The van der Waals surface area contributed by atoms with Gasteiger partial charge in [0.25, 0.3) is 0 Å². The first kappa shape index (κ1) is 10.5. The van der Waals surface area contributed by atoms with Crippen molar-refractivity contribution < 1.29 is 9.90 Å². The summed E-state index contributed by atoms with van der Waals surface area (Å²) in [5.41, 5.74) is 1.14. The molecule has 0 aromatic rings. The minimum Gasteiger partial charge on any atom is -0.392 e. The zero-order valence-corrected chi connectivity index (χ0v) is 8.25. The minimum atomic E-state index is -0.422. The van der Waals surface area contributed by atoms with Gasteiger partial charge in [0.2, 0.25) is 0 Å². The molecule has 1 aliphatic carbocycles. The molecule has 0 saturated heterocycles. The van der Waals surface area contributed by atoms with Crippen LogP contribution >= 0.6 is 0 Å². The highest BCUT2D eigenvalue weighted by Gasteiger charge is 2.17. The molecule has 0 bridgehead atoms. The van der Waals surface area contributed by atoms with Crippen LogP contribution in [0.1, 0.15) is 45.4 Å². The largest absolute Gasteiger partial charge is 0.392 e. The van der Waals surface area contributed by atoms with Crippen molar-refractivity contribution in [3.63, 3.8) is 0 Å². The topological polar surface area (TPSA) is 37.3 Å². The van der Waals surface area contributed by atoms with Gasteiger partial charge < -0.3 is 5.11 Å². The average molecular weight is 182 g/mol. The van der Waals surface area contributed by atoms with Crippen LogP contribution in [-0.2, 0) is 4.79 Å². The van der Waals surface area contributed by atoms with E-state index in [-0.39, 0.29) is 5.78 Å². The second kappa shape index (κ2) is 5.18. The van der Waals surface area contributed by atoms with Crippen molar-refractivity contribution in [1.29, 1.82) is 0 Å². The smallest absolute Gasteiger partial charge is 0.158 e. The van der Waals surface area contributed by atoms with Crippen LogP contribution in [0.15, 0.2) is 11.6 Å². The molecule has 0 heterocycles. The summed E-state index contributed by atoms with van der Waals surface area (Å²) in [6, 6.07) is 0. The van der Waals surface area contributed by atoms with E-state index in [0.717, 1.165) is 18.4 Å². The Morgan fingerprint density at radius 3 is 2.85 bits per heavy atom. The quantitative estimate of drug-likeness (QED) is 0.677. The van der Waals surface area contributed by atoms with Gasteiger partial charge in [-0.05, 0) is 25.3 Å². The number of hydrogen-bond donors (Lipinski definition) is 1. The first-order valence-corrected chi connectivity index (χ1v) is 5.12. The second-order valence-corrected chi connectivity index (χ2v) is 3.79. The zero-order valence-electron chi connectivity index (χ0n) is 8.25. The summed E-state index contributed by atoms with van der Waals surface area (Å²) >= 11 is 0. The monoisotopic (exact) mass is 182 g/mol. The Bertz CT molecular complexity index is 206. The van der Waals surface area contributed by atoms with Gasteiger partial charge in [-0.25, -0.2) is 0 Å². The third-order valence-corrected chi connectivity index (χ3v) is 2.40. The van der Waals surface area contributed by atoms with E-state index in [9.17, 15) is 9.90 Å². The van der Waals surface area contributed by atoms with E-state index in [2.05, 4.69) is 6.92 Å². The van der Waals surface area contributed by atoms with Crippen LogP contribution in [0.5, 0.6) is 0 Å². The molecule has 1 N–H and O–H groups in total. The van der Waals surface area contributed by atoms with Gasteiger partial charge in [0.15, 0.2) is 5.78 Å². The molecule has 13 heavy (non-hydrogen) atoms. The molecule has 74 valence electrons. The highest BCUT2D eigenvalue weighted by atomic mass is 16.3. The van der Waals surface area contributed by atoms with Crippen molar-refractivity contribution in [2.24, 2.45) is 0 Å². The van der Waals surface area contributed by atoms with Crippen molar-refractivity contribution in [2.75, 3.05) is 0 Å². The molecule has 1 unspecified atom stereocenters. The molecule has 0 aliphatic heterocycles. The highest BCUT2D eigenvalue weighted by molar-refractivity contribution is 5.91. The van der Waals surface area contributed by atoms with E-state index in [1.807, 2.05) is 0 Å². The van der Waals surface area contributed by atoms with Gasteiger partial charge in [-0.15, -0.1) is 0 Å². The van der Waals surface area contributed by atoms with Gasteiger partial charge in [0.1, 0.15) is 0 Å². The zero-order chi connectivity index (χ0) is 9.68. The van der Waals surface area contributed by atoms with Crippen LogP contribution < -0.4 is 0 Å². The fourth-order valence-corrected chi connectivity index (χ4v) is 1.73. The van der Waals surface area contributed by atoms with Crippen LogP contribution in [0, 0.1) is 0 Å². The third kappa shape index (κ3) is 3.73. The molecule has 2 nitrogen and oxygen atoms in total. The molecule has 0 radical (unpaired) electrons. The third-order valence-electron chi connectivity index (χ3n) is 2.40. The molecule has 1 atom stereocenters. The predicted octanol–water partition coefficient (Wildman–Crippen LogP) is 2.22. The highest BCUT2D eigenvalue weighted by Crippen LogP contribution is 2.20. The summed E-state index contributed by atoms with van der Waals surface area (Å²) < 4.78 is 0. The van der Waals surface area contributed by atoms with Gasteiger partial charge in [-0.3, -0.25) is 4.79 Å². The first-order chi connectivity index (χ1) is 6.22. The molecule has 0 aromatic carbocycles. The lowest BCUT2D eigenvalue weighted by molar-refractivity contribution is -0.117. The molecule has 1 aliphatic rings. The predicted molar refractivity (Wildman–Crippen MR) is 52.5 cm³/mol. The van der Waals surface area contributed by atoms with E-state index in [4.69, 9.17) is 0 Å². The normalized spacial score (nSPS) is 23.1. The molecule has 0 spiro atoms. The van der Waals surface area contributed by atoms with Gasteiger partial charge in [0.05, 0.1) is 6.10 Å². The Morgan fingerprint density at radius 1 is 1.46 bits per heavy atom. The van der Waals surface area contributed by atoms with Crippen molar-refractivity contribution in [3.05, 3.63) is 11.6 Å².